The molecule has 8 heteroatoms. The number of nitrogens with zero attached hydrogens (tertiary/aromatic N) is 1. The second-order valence-electron chi connectivity index (χ2n) is 5.47. The molecule has 8 nitrogen and oxygen atoms in total. The molecule has 3 rings (SSSR count). The number of fused-ring (bicyclic) bond motifs is 1. The van der Waals surface area contributed by atoms with E-state index < -0.39 is 5.97 Å². The number of nitrogens with one attached hydrogen (secondary N) is 1. The van der Waals surface area contributed by atoms with Gasteiger partial charge < -0.3 is 24.3 Å². The molecule has 0 radical (unpaired) electrons. The van der Waals surface area contributed by atoms with E-state index in [1.807, 2.05) is 4.90 Å². The van der Waals surface area contributed by atoms with E-state index in [1.165, 1.54) is 13.2 Å². The molecule has 1 aromatic carbocycles. The van der Waals surface area contributed by atoms with Crippen LogP contribution in [0.25, 0.3) is 0 Å². The molecule has 24 heavy (non-hydrogen) atoms. The summed E-state index contributed by atoms with van der Waals surface area (Å²) in [5.74, 6) is 0.204. The highest BCUT2D eigenvalue weighted by Crippen LogP contribution is 2.36. The van der Waals surface area contributed by atoms with Crippen LogP contribution in [0.2, 0.25) is 0 Å². The number of hydrogen-bond acceptors (Lipinski definition) is 7. The fraction of sp³-hybridized carbons (Fsp3) is 0.500. The summed E-state index contributed by atoms with van der Waals surface area (Å²) < 4.78 is 21.0. The molecule has 0 unspecified atom stereocenters. The number of amides is 1. The Bertz CT molecular complexity index is 627. The fourth-order valence-corrected chi connectivity index (χ4v) is 2.62. The van der Waals surface area contributed by atoms with Gasteiger partial charge in [-0.25, -0.2) is 4.79 Å². The van der Waals surface area contributed by atoms with Crippen molar-refractivity contribution < 1.29 is 28.5 Å². The van der Waals surface area contributed by atoms with Gasteiger partial charge in [-0.1, -0.05) is 0 Å². The average Bonchev–Trinajstić information content (AvgIpc) is 2.61. The first-order valence-electron chi connectivity index (χ1n) is 7.79. The van der Waals surface area contributed by atoms with Crippen LogP contribution in [0.1, 0.15) is 10.4 Å². The summed E-state index contributed by atoms with van der Waals surface area (Å²) in [4.78, 5) is 26.3. The van der Waals surface area contributed by atoms with Crippen molar-refractivity contribution in [1.82, 2.24) is 4.90 Å². The molecule has 1 aromatic rings. The molecule has 2 aliphatic rings. The third-order valence-corrected chi connectivity index (χ3v) is 3.83. The Labute approximate surface area is 139 Å². The van der Waals surface area contributed by atoms with Crippen LogP contribution >= 0.6 is 0 Å². The van der Waals surface area contributed by atoms with Gasteiger partial charge in [0.15, 0.2) is 11.5 Å². The highest BCUT2D eigenvalue weighted by Gasteiger charge is 2.22. The first kappa shape index (κ1) is 16.5. The predicted molar refractivity (Wildman–Crippen MR) is 84.7 cm³/mol. The van der Waals surface area contributed by atoms with Crippen molar-refractivity contribution in [1.29, 1.82) is 0 Å². The van der Waals surface area contributed by atoms with Crippen LogP contribution in [0, 0.1) is 0 Å². The minimum Gasteiger partial charge on any atom is -0.486 e. The molecule has 0 spiro atoms. The summed E-state index contributed by atoms with van der Waals surface area (Å²) in [7, 11) is 1.29. The molecule has 2 heterocycles. The molecule has 1 fully saturated rings. The van der Waals surface area contributed by atoms with Crippen LogP contribution in [0.5, 0.6) is 11.5 Å². The van der Waals surface area contributed by atoms with Crippen molar-refractivity contribution in [3.8, 4) is 11.5 Å². The van der Waals surface area contributed by atoms with E-state index in [9.17, 15) is 9.59 Å². The third kappa shape index (κ3) is 3.77. The summed E-state index contributed by atoms with van der Waals surface area (Å²) in [5.41, 5.74) is 0.585. The molecule has 0 atom stereocenters. The zero-order valence-corrected chi connectivity index (χ0v) is 13.5. The smallest absolute Gasteiger partial charge is 0.340 e. The maximum Gasteiger partial charge on any atom is 0.340 e. The molecule has 1 saturated heterocycles. The normalized spacial score (nSPS) is 17.2. The largest absolute Gasteiger partial charge is 0.486 e. The quantitative estimate of drug-likeness (QED) is 0.802. The number of methoxy groups -OCH3 is 1. The van der Waals surface area contributed by atoms with E-state index in [2.05, 4.69) is 5.32 Å². The Morgan fingerprint density at radius 1 is 1.12 bits per heavy atom. The number of hydrogen-bond donors (Lipinski definition) is 1. The Morgan fingerprint density at radius 2 is 1.79 bits per heavy atom. The lowest BCUT2D eigenvalue weighted by atomic mass is 10.1. The SMILES string of the molecule is COC(=O)c1cc2c(cc1NC(=O)CN1CCOCC1)OCCO2. The Morgan fingerprint density at radius 3 is 2.46 bits per heavy atom. The highest BCUT2D eigenvalue weighted by atomic mass is 16.6. The van der Waals surface area contributed by atoms with Crippen LogP contribution in [-0.2, 0) is 14.3 Å². The van der Waals surface area contributed by atoms with Crippen molar-refractivity contribution in [3.05, 3.63) is 17.7 Å². The molecule has 0 aromatic heterocycles. The molecule has 2 aliphatic heterocycles. The van der Waals surface area contributed by atoms with Gasteiger partial charge in [0.05, 0.1) is 38.1 Å². The number of benzene rings is 1. The second kappa shape index (κ2) is 7.50. The highest BCUT2D eigenvalue weighted by molar-refractivity contribution is 6.02. The van der Waals surface area contributed by atoms with Crippen LogP contribution in [0.15, 0.2) is 12.1 Å². The maximum atomic E-state index is 12.3. The van der Waals surface area contributed by atoms with Gasteiger partial charge in [0.25, 0.3) is 0 Å². The summed E-state index contributed by atoms with van der Waals surface area (Å²) in [6, 6.07) is 3.13. The molecule has 0 aliphatic carbocycles. The van der Waals surface area contributed by atoms with E-state index in [-0.39, 0.29) is 18.0 Å². The molecule has 130 valence electrons. The predicted octanol–water partition coefficient (Wildman–Crippen LogP) is 0.515. The van der Waals surface area contributed by atoms with Crippen LogP contribution in [0.3, 0.4) is 0 Å². The Kier molecular flexibility index (Phi) is 5.17. The number of esters is 1. The lowest BCUT2D eigenvalue weighted by Crippen LogP contribution is -2.41. The van der Waals surface area contributed by atoms with Gasteiger partial charge in [0.1, 0.15) is 13.2 Å². The maximum absolute atomic E-state index is 12.3. The Hall–Kier alpha value is -2.32. The molecule has 0 saturated carbocycles. The number of ether oxygens (including phenoxy) is 4. The average molecular weight is 336 g/mol. The second-order valence-corrected chi connectivity index (χ2v) is 5.47. The standard InChI is InChI=1S/C16H20N2O6/c1-21-16(20)11-8-13-14(24-7-6-23-13)9-12(11)17-15(19)10-18-2-4-22-5-3-18/h8-9H,2-7,10H2,1H3,(H,17,19). The van der Waals surface area contributed by atoms with Crippen molar-refractivity contribution in [2.45, 2.75) is 0 Å². The van der Waals surface area contributed by atoms with Gasteiger partial charge in [-0.2, -0.15) is 0 Å². The van der Waals surface area contributed by atoms with E-state index >= 15 is 0 Å². The Balaban J connectivity index is 1.77. The van der Waals surface area contributed by atoms with Crippen molar-refractivity contribution in [3.63, 3.8) is 0 Å². The lowest BCUT2D eigenvalue weighted by molar-refractivity contribution is -0.118. The lowest BCUT2D eigenvalue weighted by Gasteiger charge is -2.26. The van der Waals surface area contributed by atoms with Gasteiger partial charge in [-0.3, -0.25) is 9.69 Å². The number of carbonyl (C=O) groups excluding carboxylic acids is 2. The number of carbonyl (C=O) groups is 2. The van der Waals surface area contributed by atoms with Crippen LogP contribution in [0.4, 0.5) is 5.69 Å². The topological polar surface area (TPSA) is 86.3 Å². The van der Waals surface area contributed by atoms with Crippen LogP contribution in [-0.4, -0.2) is 69.9 Å². The molecular weight excluding hydrogens is 316 g/mol. The van der Waals surface area contributed by atoms with Gasteiger partial charge in [-0.05, 0) is 0 Å². The summed E-state index contributed by atoms with van der Waals surface area (Å²) in [6.07, 6.45) is 0. The van der Waals surface area contributed by atoms with E-state index in [0.717, 1.165) is 0 Å². The van der Waals surface area contributed by atoms with Gasteiger partial charge in [0, 0.05) is 25.2 Å². The minimum atomic E-state index is -0.548. The molecule has 1 N–H and O–H groups in total. The zero-order valence-electron chi connectivity index (χ0n) is 13.5. The van der Waals surface area contributed by atoms with Crippen molar-refractivity contribution >= 4 is 17.6 Å². The van der Waals surface area contributed by atoms with Crippen LogP contribution < -0.4 is 14.8 Å². The van der Waals surface area contributed by atoms with E-state index in [0.29, 0.717) is 56.7 Å². The fourth-order valence-electron chi connectivity index (χ4n) is 2.62. The number of morpholine rings is 1. The summed E-state index contributed by atoms with van der Waals surface area (Å²) in [5, 5.41) is 2.77. The van der Waals surface area contributed by atoms with Gasteiger partial charge in [-0.15, -0.1) is 0 Å². The molecular formula is C16H20N2O6. The molecule has 0 bridgehead atoms. The summed E-state index contributed by atoms with van der Waals surface area (Å²) in [6.45, 7) is 3.72. The van der Waals surface area contributed by atoms with Crippen molar-refractivity contribution in [2.24, 2.45) is 0 Å². The first-order valence-corrected chi connectivity index (χ1v) is 7.79. The first-order chi connectivity index (χ1) is 11.7. The summed E-state index contributed by atoms with van der Waals surface area (Å²) >= 11 is 0. The third-order valence-electron chi connectivity index (χ3n) is 3.83. The molecule has 1 amide bonds. The number of anilines is 1. The zero-order chi connectivity index (χ0) is 16.9. The minimum absolute atomic E-state index is 0.210. The van der Waals surface area contributed by atoms with E-state index in [4.69, 9.17) is 18.9 Å². The monoisotopic (exact) mass is 336 g/mol. The van der Waals surface area contributed by atoms with Gasteiger partial charge in [0.2, 0.25) is 5.91 Å². The van der Waals surface area contributed by atoms with E-state index in [1.54, 1.807) is 6.07 Å². The number of rotatable bonds is 4. The van der Waals surface area contributed by atoms with Crippen molar-refractivity contribution in [2.75, 3.05) is 58.5 Å². The van der Waals surface area contributed by atoms with Gasteiger partial charge >= 0.3 is 5.97 Å².